The fourth-order valence-corrected chi connectivity index (χ4v) is 3.01. The summed E-state index contributed by atoms with van der Waals surface area (Å²) in [7, 11) is 1.72. The third-order valence-electron chi connectivity index (χ3n) is 4.14. The number of likely N-dealkylation sites (N-methyl/N-ethyl adjacent to an activating group) is 1. The van der Waals surface area contributed by atoms with Crippen LogP contribution >= 0.6 is 0 Å². The van der Waals surface area contributed by atoms with Crippen LogP contribution in [0.1, 0.15) is 32.1 Å². The summed E-state index contributed by atoms with van der Waals surface area (Å²) < 4.78 is 0. The number of nitrogens with one attached hydrogen (secondary N) is 1. The van der Waals surface area contributed by atoms with E-state index in [9.17, 15) is 14.4 Å². The van der Waals surface area contributed by atoms with Gasteiger partial charge in [0.2, 0.25) is 11.8 Å². The van der Waals surface area contributed by atoms with Gasteiger partial charge in [-0.3, -0.25) is 14.4 Å². The molecule has 1 saturated heterocycles. The Balaban J connectivity index is 1.90. The van der Waals surface area contributed by atoms with Crippen molar-refractivity contribution >= 4 is 17.8 Å². The van der Waals surface area contributed by atoms with E-state index in [2.05, 4.69) is 5.32 Å². The van der Waals surface area contributed by atoms with Crippen LogP contribution < -0.4 is 5.32 Å². The largest absolute Gasteiger partial charge is 0.481 e. The lowest BCUT2D eigenvalue weighted by Gasteiger charge is -2.31. The minimum absolute atomic E-state index is 0.0507. The summed E-state index contributed by atoms with van der Waals surface area (Å²) in [4.78, 5) is 36.2. The van der Waals surface area contributed by atoms with Gasteiger partial charge in [-0.2, -0.15) is 0 Å². The highest BCUT2D eigenvalue weighted by Crippen LogP contribution is 2.32. The molecule has 1 saturated carbocycles. The van der Waals surface area contributed by atoms with E-state index in [1.165, 1.54) is 0 Å². The molecule has 0 bridgehead atoms. The number of aliphatic carboxylic acids is 1. The maximum atomic E-state index is 12.1. The number of hydrogen-bond donors (Lipinski definition) is 2. The first-order valence-corrected chi connectivity index (χ1v) is 6.76. The van der Waals surface area contributed by atoms with Gasteiger partial charge < -0.3 is 15.3 Å². The van der Waals surface area contributed by atoms with Crippen molar-refractivity contribution < 1.29 is 19.5 Å². The molecule has 1 aliphatic carbocycles. The zero-order valence-electron chi connectivity index (χ0n) is 11.1. The lowest BCUT2D eigenvalue weighted by molar-refractivity contribution is -0.146. The molecule has 106 valence electrons. The first kappa shape index (κ1) is 13.8. The Labute approximate surface area is 112 Å². The highest BCUT2D eigenvalue weighted by Gasteiger charge is 2.38. The first-order chi connectivity index (χ1) is 8.99. The highest BCUT2D eigenvalue weighted by molar-refractivity contribution is 5.85. The molecule has 3 unspecified atom stereocenters. The smallest absolute Gasteiger partial charge is 0.307 e. The minimum atomic E-state index is -0.881. The van der Waals surface area contributed by atoms with Gasteiger partial charge in [-0.15, -0.1) is 0 Å². The number of carboxylic acid groups (broad SMARTS) is 1. The normalized spacial score (nSPS) is 31.3. The Bertz CT molecular complexity index is 396. The van der Waals surface area contributed by atoms with E-state index in [1.54, 1.807) is 11.9 Å². The molecule has 6 nitrogen and oxygen atoms in total. The fraction of sp³-hybridized carbons (Fsp3) is 0.769. The molecule has 2 rings (SSSR count). The molecule has 0 spiro atoms. The molecular formula is C13H20N2O4. The molecule has 6 heteroatoms. The van der Waals surface area contributed by atoms with E-state index >= 15 is 0 Å². The Morgan fingerprint density at radius 3 is 2.58 bits per heavy atom. The van der Waals surface area contributed by atoms with E-state index in [0.29, 0.717) is 32.2 Å². The van der Waals surface area contributed by atoms with Crippen LogP contribution in [-0.2, 0) is 14.4 Å². The molecule has 2 amide bonds. The van der Waals surface area contributed by atoms with Crippen LogP contribution in [0.5, 0.6) is 0 Å². The molecule has 0 radical (unpaired) electrons. The summed E-state index contributed by atoms with van der Waals surface area (Å²) in [5.74, 6) is -1.93. The molecule has 0 aromatic heterocycles. The number of amides is 2. The van der Waals surface area contributed by atoms with Crippen LogP contribution in [0.3, 0.4) is 0 Å². The lowest BCUT2D eigenvalue weighted by Crippen LogP contribution is -2.50. The van der Waals surface area contributed by atoms with E-state index in [4.69, 9.17) is 5.11 Å². The van der Waals surface area contributed by atoms with Gasteiger partial charge in [0.25, 0.3) is 0 Å². The van der Waals surface area contributed by atoms with Crippen molar-refractivity contribution in [2.45, 2.75) is 38.1 Å². The van der Waals surface area contributed by atoms with Gasteiger partial charge in [0, 0.05) is 26.1 Å². The Kier molecular flexibility index (Phi) is 4.07. The fourth-order valence-electron chi connectivity index (χ4n) is 3.01. The van der Waals surface area contributed by atoms with Crippen LogP contribution in [0, 0.1) is 11.8 Å². The van der Waals surface area contributed by atoms with E-state index in [1.807, 2.05) is 0 Å². The van der Waals surface area contributed by atoms with Crippen molar-refractivity contribution in [1.29, 1.82) is 0 Å². The number of hydrogen-bond acceptors (Lipinski definition) is 3. The van der Waals surface area contributed by atoms with Gasteiger partial charge in [-0.05, 0) is 19.3 Å². The highest BCUT2D eigenvalue weighted by atomic mass is 16.4. The zero-order chi connectivity index (χ0) is 14.0. The topological polar surface area (TPSA) is 86.7 Å². The molecule has 0 aromatic rings. The van der Waals surface area contributed by atoms with Crippen molar-refractivity contribution in [2.24, 2.45) is 11.8 Å². The van der Waals surface area contributed by atoms with Crippen LogP contribution in [0.25, 0.3) is 0 Å². The van der Waals surface area contributed by atoms with Crippen molar-refractivity contribution in [3.05, 3.63) is 0 Å². The number of likely N-dealkylation sites (tertiary alicyclic amines) is 1. The zero-order valence-corrected chi connectivity index (χ0v) is 11.1. The predicted octanol–water partition coefficient (Wildman–Crippen LogP) is 0.224. The monoisotopic (exact) mass is 268 g/mol. The summed E-state index contributed by atoms with van der Waals surface area (Å²) in [6.07, 6.45) is 3.09. The SMILES string of the molecule is CN1CC(NC(=O)C2CCCC2C(=O)O)CCC1=O. The van der Waals surface area contributed by atoms with Gasteiger partial charge in [0.05, 0.1) is 11.8 Å². The van der Waals surface area contributed by atoms with Crippen LogP contribution in [0.2, 0.25) is 0 Å². The Hall–Kier alpha value is -1.59. The van der Waals surface area contributed by atoms with Crippen molar-refractivity contribution in [3.63, 3.8) is 0 Å². The summed E-state index contributed by atoms with van der Waals surface area (Å²) in [6, 6.07) is -0.0507. The molecule has 2 N–H and O–H groups in total. The van der Waals surface area contributed by atoms with Crippen molar-refractivity contribution in [1.82, 2.24) is 10.2 Å². The van der Waals surface area contributed by atoms with Crippen LogP contribution in [-0.4, -0.2) is 47.4 Å². The summed E-state index contributed by atoms with van der Waals surface area (Å²) in [5.41, 5.74) is 0. The van der Waals surface area contributed by atoms with Gasteiger partial charge in [-0.1, -0.05) is 6.42 Å². The summed E-state index contributed by atoms with van der Waals surface area (Å²) >= 11 is 0. The standard InChI is InChI=1S/C13H20N2O4/c1-15-7-8(5-6-11(15)16)14-12(17)9-3-2-4-10(9)13(18)19/h8-10H,2-7H2,1H3,(H,14,17)(H,18,19). The van der Waals surface area contributed by atoms with E-state index in [-0.39, 0.29) is 17.9 Å². The molecule has 19 heavy (non-hydrogen) atoms. The number of carbonyl (C=O) groups is 3. The van der Waals surface area contributed by atoms with Crippen molar-refractivity contribution in [3.8, 4) is 0 Å². The number of piperidine rings is 1. The van der Waals surface area contributed by atoms with Gasteiger partial charge in [0.1, 0.15) is 0 Å². The number of carboxylic acids is 1. The van der Waals surface area contributed by atoms with E-state index < -0.39 is 17.8 Å². The lowest BCUT2D eigenvalue weighted by atomic mass is 9.94. The molecule has 2 aliphatic rings. The van der Waals surface area contributed by atoms with Crippen LogP contribution in [0.15, 0.2) is 0 Å². The second-order valence-corrected chi connectivity index (χ2v) is 5.50. The minimum Gasteiger partial charge on any atom is -0.481 e. The summed E-state index contributed by atoms with van der Waals surface area (Å²) in [5, 5.41) is 12.0. The maximum Gasteiger partial charge on any atom is 0.307 e. The predicted molar refractivity (Wildman–Crippen MR) is 67.3 cm³/mol. The molecule has 3 atom stereocenters. The second-order valence-electron chi connectivity index (χ2n) is 5.50. The number of nitrogens with zero attached hydrogens (tertiary/aromatic N) is 1. The molecule has 1 aliphatic heterocycles. The average Bonchev–Trinajstić information content (AvgIpc) is 2.83. The molecule has 0 aromatic carbocycles. The van der Waals surface area contributed by atoms with Gasteiger partial charge in [-0.25, -0.2) is 0 Å². The maximum absolute atomic E-state index is 12.1. The van der Waals surface area contributed by atoms with Crippen molar-refractivity contribution in [2.75, 3.05) is 13.6 Å². The molecule has 2 fully saturated rings. The Morgan fingerprint density at radius 1 is 1.26 bits per heavy atom. The molecule has 1 heterocycles. The second kappa shape index (κ2) is 5.59. The first-order valence-electron chi connectivity index (χ1n) is 6.76. The van der Waals surface area contributed by atoms with Gasteiger partial charge >= 0.3 is 5.97 Å². The van der Waals surface area contributed by atoms with Gasteiger partial charge in [0.15, 0.2) is 0 Å². The van der Waals surface area contributed by atoms with Crippen LogP contribution in [0.4, 0.5) is 0 Å². The molecular weight excluding hydrogens is 248 g/mol. The third-order valence-corrected chi connectivity index (χ3v) is 4.14. The summed E-state index contributed by atoms with van der Waals surface area (Å²) in [6.45, 7) is 0.509. The quantitative estimate of drug-likeness (QED) is 0.767. The van der Waals surface area contributed by atoms with E-state index in [0.717, 1.165) is 6.42 Å². The Morgan fingerprint density at radius 2 is 1.95 bits per heavy atom. The number of rotatable bonds is 3. The number of carbonyl (C=O) groups excluding carboxylic acids is 2. The third kappa shape index (κ3) is 3.05. The average molecular weight is 268 g/mol.